The van der Waals surface area contributed by atoms with Crippen LogP contribution in [-0.4, -0.2) is 41.5 Å². The first-order valence-corrected chi connectivity index (χ1v) is 7.08. The number of hydrogen-bond donors (Lipinski definition) is 2. The molecule has 0 aromatic carbocycles. The van der Waals surface area contributed by atoms with Gasteiger partial charge in [-0.15, -0.1) is 5.10 Å². The summed E-state index contributed by atoms with van der Waals surface area (Å²) in [6, 6.07) is 0.609. The molecule has 6 nitrogen and oxygen atoms in total. The summed E-state index contributed by atoms with van der Waals surface area (Å²) in [7, 11) is 0. The zero-order chi connectivity index (χ0) is 13.7. The average molecular weight is 268 g/mol. The van der Waals surface area contributed by atoms with Gasteiger partial charge >= 0.3 is 6.01 Å². The van der Waals surface area contributed by atoms with Gasteiger partial charge in [0.15, 0.2) is 0 Å². The third kappa shape index (κ3) is 4.18. The highest BCUT2D eigenvalue weighted by atomic mass is 16.4. The average Bonchev–Trinajstić information content (AvgIpc) is 2.87. The monoisotopic (exact) mass is 268 g/mol. The quantitative estimate of drug-likeness (QED) is 0.802. The maximum Gasteiger partial charge on any atom is 0.318 e. The first-order chi connectivity index (χ1) is 9.19. The molecule has 6 heteroatoms. The second kappa shape index (κ2) is 6.86. The second-order valence-corrected chi connectivity index (χ2v) is 5.62. The standard InChI is InChI=1S/C13H24N4O2/c1-10(2)7-14-8-12-15-16-13(19-12)17-5-3-11(9-18)4-6-17/h10-11,14,18H,3-9H2,1-2H3. The highest BCUT2D eigenvalue weighted by molar-refractivity contribution is 5.24. The van der Waals surface area contributed by atoms with Crippen molar-refractivity contribution in [2.45, 2.75) is 33.2 Å². The predicted octanol–water partition coefficient (Wildman–Crippen LogP) is 1.02. The Labute approximate surface area is 114 Å². The van der Waals surface area contributed by atoms with Crippen LogP contribution in [-0.2, 0) is 6.54 Å². The zero-order valence-electron chi connectivity index (χ0n) is 11.8. The van der Waals surface area contributed by atoms with Crippen LogP contribution in [0.3, 0.4) is 0 Å². The van der Waals surface area contributed by atoms with Gasteiger partial charge in [0.25, 0.3) is 0 Å². The Morgan fingerprint density at radius 2 is 2.11 bits per heavy atom. The number of aliphatic hydroxyl groups excluding tert-OH is 1. The van der Waals surface area contributed by atoms with E-state index in [1.54, 1.807) is 0 Å². The van der Waals surface area contributed by atoms with Crippen LogP contribution < -0.4 is 10.2 Å². The van der Waals surface area contributed by atoms with Crippen LogP contribution in [0.1, 0.15) is 32.6 Å². The van der Waals surface area contributed by atoms with Crippen LogP contribution in [0.25, 0.3) is 0 Å². The van der Waals surface area contributed by atoms with Crippen molar-refractivity contribution in [1.82, 2.24) is 15.5 Å². The van der Waals surface area contributed by atoms with Crippen molar-refractivity contribution in [2.24, 2.45) is 11.8 Å². The molecule has 0 radical (unpaired) electrons. The lowest BCUT2D eigenvalue weighted by Crippen LogP contribution is -2.34. The van der Waals surface area contributed by atoms with E-state index < -0.39 is 0 Å². The summed E-state index contributed by atoms with van der Waals surface area (Å²) < 4.78 is 5.65. The molecule has 0 unspecified atom stereocenters. The summed E-state index contributed by atoms with van der Waals surface area (Å²) >= 11 is 0. The topological polar surface area (TPSA) is 74.4 Å². The Balaban J connectivity index is 1.80. The molecule has 0 atom stereocenters. The van der Waals surface area contributed by atoms with Gasteiger partial charge in [-0.3, -0.25) is 0 Å². The third-order valence-corrected chi connectivity index (χ3v) is 3.43. The van der Waals surface area contributed by atoms with Gasteiger partial charge in [-0.2, -0.15) is 0 Å². The SMILES string of the molecule is CC(C)CNCc1nnc(N2CCC(CO)CC2)o1. The van der Waals surface area contributed by atoms with E-state index in [1.807, 2.05) is 0 Å². The summed E-state index contributed by atoms with van der Waals surface area (Å²) in [4.78, 5) is 2.10. The van der Waals surface area contributed by atoms with Crippen molar-refractivity contribution >= 4 is 6.01 Å². The molecule has 1 aliphatic heterocycles. The van der Waals surface area contributed by atoms with Gasteiger partial charge in [-0.25, -0.2) is 0 Å². The van der Waals surface area contributed by atoms with Crippen molar-refractivity contribution in [1.29, 1.82) is 0 Å². The molecule has 2 heterocycles. The van der Waals surface area contributed by atoms with Crippen LogP contribution in [0.2, 0.25) is 0 Å². The Hall–Kier alpha value is -1.14. The molecule has 19 heavy (non-hydrogen) atoms. The van der Waals surface area contributed by atoms with E-state index in [2.05, 4.69) is 34.3 Å². The predicted molar refractivity (Wildman–Crippen MR) is 72.9 cm³/mol. The van der Waals surface area contributed by atoms with Gasteiger partial charge in [0.1, 0.15) is 0 Å². The minimum absolute atomic E-state index is 0.280. The Morgan fingerprint density at radius 1 is 1.37 bits per heavy atom. The largest absolute Gasteiger partial charge is 0.407 e. The van der Waals surface area contributed by atoms with Crippen LogP contribution in [0.5, 0.6) is 0 Å². The maximum atomic E-state index is 9.12. The Bertz CT molecular complexity index is 372. The minimum Gasteiger partial charge on any atom is -0.407 e. The van der Waals surface area contributed by atoms with Gasteiger partial charge < -0.3 is 19.7 Å². The van der Waals surface area contributed by atoms with Crippen LogP contribution in [0, 0.1) is 11.8 Å². The number of anilines is 1. The molecular formula is C13H24N4O2. The number of aliphatic hydroxyl groups is 1. The van der Waals surface area contributed by atoms with Gasteiger partial charge in [0.05, 0.1) is 6.54 Å². The molecule has 0 amide bonds. The molecular weight excluding hydrogens is 244 g/mol. The summed E-state index contributed by atoms with van der Waals surface area (Å²) in [6.45, 7) is 7.94. The van der Waals surface area contributed by atoms with Gasteiger partial charge in [-0.05, 0) is 31.2 Å². The first kappa shape index (κ1) is 14.3. The lowest BCUT2D eigenvalue weighted by Gasteiger charge is -2.29. The number of hydrogen-bond acceptors (Lipinski definition) is 6. The van der Waals surface area contributed by atoms with E-state index in [9.17, 15) is 0 Å². The molecule has 1 aromatic rings. The minimum atomic E-state index is 0.280. The fourth-order valence-electron chi connectivity index (χ4n) is 2.22. The molecule has 0 saturated carbocycles. The van der Waals surface area contributed by atoms with Crippen molar-refractivity contribution in [3.05, 3.63) is 5.89 Å². The summed E-state index contributed by atoms with van der Waals surface area (Å²) in [6.07, 6.45) is 1.97. The lowest BCUT2D eigenvalue weighted by molar-refractivity contribution is 0.201. The molecule has 0 bridgehead atoms. The second-order valence-electron chi connectivity index (χ2n) is 5.62. The Morgan fingerprint density at radius 3 is 2.74 bits per heavy atom. The molecule has 2 rings (SSSR count). The normalized spacial score (nSPS) is 17.4. The van der Waals surface area contributed by atoms with Gasteiger partial charge in [-0.1, -0.05) is 18.9 Å². The number of piperidine rings is 1. The lowest BCUT2D eigenvalue weighted by atomic mass is 9.98. The third-order valence-electron chi connectivity index (χ3n) is 3.43. The van der Waals surface area contributed by atoms with Crippen LogP contribution >= 0.6 is 0 Å². The summed E-state index contributed by atoms with van der Waals surface area (Å²) in [5.74, 6) is 1.67. The van der Waals surface area contributed by atoms with Gasteiger partial charge in [0.2, 0.25) is 5.89 Å². The summed E-state index contributed by atoms with van der Waals surface area (Å²) in [5.41, 5.74) is 0. The van der Waals surface area contributed by atoms with E-state index in [-0.39, 0.29) is 6.61 Å². The highest BCUT2D eigenvalue weighted by Gasteiger charge is 2.22. The number of rotatable bonds is 6. The molecule has 1 saturated heterocycles. The molecule has 108 valence electrons. The molecule has 0 aliphatic carbocycles. The van der Waals surface area contributed by atoms with Crippen molar-refractivity contribution in [2.75, 3.05) is 31.1 Å². The van der Waals surface area contributed by atoms with E-state index in [0.717, 1.165) is 32.5 Å². The van der Waals surface area contributed by atoms with Crippen LogP contribution in [0.15, 0.2) is 4.42 Å². The van der Waals surface area contributed by atoms with E-state index in [1.165, 1.54) is 0 Å². The molecule has 1 aromatic heterocycles. The molecule has 1 fully saturated rings. The molecule has 2 N–H and O–H groups in total. The van der Waals surface area contributed by atoms with Crippen molar-refractivity contribution < 1.29 is 9.52 Å². The van der Waals surface area contributed by atoms with Crippen molar-refractivity contribution in [3.63, 3.8) is 0 Å². The van der Waals surface area contributed by atoms with Crippen molar-refractivity contribution in [3.8, 4) is 0 Å². The fourth-order valence-corrected chi connectivity index (χ4v) is 2.22. The molecule has 1 aliphatic rings. The van der Waals surface area contributed by atoms with Gasteiger partial charge in [0, 0.05) is 19.7 Å². The van der Waals surface area contributed by atoms with E-state index >= 15 is 0 Å². The number of nitrogens with zero attached hydrogens (tertiary/aromatic N) is 3. The fraction of sp³-hybridized carbons (Fsp3) is 0.846. The number of nitrogens with one attached hydrogen (secondary N) is 1. The van der Waals surface area contributed by atoms with E-state index in [4.69, 9.17) is 9.52 Å². The highest BCUT2D eigenvalue weighted by Crippen LogP contribution is 2.21. The Kier molecular flexibility index (Phi) is 5.15. The smallest absolute Gasteiger partial charge is 0.318 e. The number of aromatic nitrogens is 2. The maximum absolute atomic E-state index is 9.12. The first-order valence-electron chi connectivity index (χ1n) is 7.08. The molecule has 0 spiro atoms. The van der Waals surface area contributed by atoms with E-state index in [0.29, 0.717) is 30.3 Å². The summed E-state index contributed by atoms with van der Waals surface area (Å²) in [5, 5.41) is 20.6. The van der Waals surface area contributed by atoms with Crippen LogP contribution in [0.4, 0.5) is 6.01 Å². The zero-order valence-corrected chi connectivity index (χ0v) is 11.8.